The number of rotatable bonds is 5. The van der Waals surface area contributed by atoms with E-state index in [9.17, 15) is 4.79 Å². The van der Waals surface area contributed by atoms with E-state index in [2.05, 4.69) is 47.1 Å². The van der Waals surface area contributed by atoms with Crippen molar-refractivity contribution in [3.63, 3.8) is 0 Å². The average Bonchev–Trinajstić information content (AvgIpc) is 2.55. The van der Waals surface area contributed by atoms with E-state index in [0.717, 1.165) is 16.5 Å². The van der Waals surface area contributed by atoms with Crippen LogP contribution in [-0.2, 0) is 13.0 Å². The summed E-state index contributed by atoms with van der Waals surface area (Å²) in [7, 11) is 3.40. The van der Waals surface area contributed by atoms with Crippen molar-refractivity contribution < 1.29 is 9.53 Å². The highest BCUT2D eigenvalue weighted by molar-refractivity contribution is 9.10. The van der Waals surface area contributed by atoms with E-state index in [1.54, 1.807) is 18.1 Å². The maximum atomic E-state index is 12.6. The number of benzene rings is 2. The second kappa shape index (κ2) is 7.45. The van der Waals surface area contributed by atoms with Gasteiger partial charge in [0.2, 0.25) is 0 Å². The van der Waals surface area contributed by atoms with Crippen LogP contribution in [0.15, 0.2) is 46.9 Å². The Morgan fingerprint density at radius 1 is 1.14 bits per heavy atom. The number of nitrogens with zero attached hydrogens (tertiary/aromatic N) is 1. The van der Waals surface area contributed by atoms with Crippen molar-refractivity contribution in [3.05, 3.63) is 63.6 Å². The SMILES string of the molecule is CCc1ccc(CN(C)C(=O)c2cc(OC)ccc2Br)cc1. The Bertz CT molecular complexity index is 653. The van der Waals surface area contributed by atoms with E-state index in [1.807, 2.05) is 19.2 Å². The van der Waals surface area contributed by atoms with Crippen molar-refractivity contribution in [1.82, 2.24) is 4.90 Å². The molecule has 22 heavy (non-hydrogen) atoms. The van der Waals surface area contributed by atoms with Crippen molar-refractivity contribution in [1.29, 1.82) is 0 Å². The number of ether oxygens (including phenoxy) is 1. The standard InChI is InChI=1S/C18H20BrNO2/c1-4-13-5-7-14(8-6-13)12-20(2)18(21)16-11-15(22-3)9-10-17(16)19/h5-11H,4,12H2,1-3H3. The van der Waals surface area contributed by atoms with Gasteiger partial charge in [-0.1, -0.05) is 31.2 Å². The zero-order chi connectivity index (χ0) is 16.1. The van der Waals surface area contributed by atoms with Gasteiger partial charge in [0.05, 0.1) is 12.7 Å². The summed E-state index contributed by atoms with van der Waals surface area (Å²) in [5.74, 6) is 0.637. The molecule has 0 heterocycles. The number of halogens is 1. The molecule has 0 atom stereocenters. The van der Waals surface area contributed by atoms with Crippen LogP contribution in [0.4, 0.5) is 0 Å². The molecule has 2 rings (SSSR count). The first kappa shape index (κ1) is 16.6. The molecule has 0 fully saturated rings. The number of aryl methyl sites for hydroxylation is 1. The summed E-state index contributed by atoms with van der Waals surface area (Å²) in [5, 5.41) is 0. The first-order valence-electron chi connectivity index (χ1n) is 7.22. The first-order valence-corrected chi connectivity index (χ1v) is 8.01. The topological polar surface area (TPSA) is 29.5 Å². The van der Waals surface area contributed by atoms with Crippen LogP contribution in [0, 0.1) is 0 Å². The Balaban J connectivity index is 2.14. The monoisotopic (exact) mass is 361 g/mol. The second-order valence-electron chi connectivity index (χ2n) is 5.18. The summed E-state index contributed by atoms with van der Waals surface area (Å²) in [6.07, 6.45) is 1.02. The van der Waals surface area contributed by atoms with Gasteiger partial charge < -0.3 is 9.64 Å². The fourth-order valence-corrected chi connectivity index (χ4v) is 2.64. The van der Waals surface area contributed by atoms with Gasteiger partial charge in [-0.15, -0.1) is 0 Å². The molecule has 2 aromatic carbocycles. The van der Waals surface area contributed by atoms with Crippen LogP contribution in [0.1, 0.15) is 28.4 Å². The largest absolute Gasteiger partial charge is 0.497 e. The van der Waals surface area contributed by atoms with Crippen LogP contribution in [0.5, 0.6) is 5.75 Å². The molecule has 2 aromatic rings. The Kier molecular flexibility index (Phi) is 5.61. The fraction of sp³-hybridized carbons (Fsp3) is 0.278. The van der Waals surface area contributed by atoms with Gasteiger partial charge in [-0.3, -0.25) is 4.79 Å². The average molecular weight is 362 g/mol. The molecule has 0 spiro atoms. The third kappa shape index (κ3) is 3.89. The van der Waals surface area contributed by atoms with Crippen LogP contribution >= 0.6 is 15.9 Å². The van der Waals surface area contributed by atoms with E-state index in [4.69, 9.17) is 4.74 Å². The molecule has 0 saturated carbocycles. The molecule has 1 amide bonds. The second-order valence-corrected chi connectivity index (χ2v) is 6.03. The molecule has 0 radical (unpaired) electrons. The Labute approximate surface area is 140 Å². The number of amides is 1. The predicted octanol–water partition coefficient (Wildman–Crippen LogP) is 4.29. The predicted molar refractivity (Wildman–Crippen MR) is 92.3 cm³/mol. The molecule has 0 unspecified atom stereocenters. The lowest BCUT2D eigenvalue weighted by molar-refractivity contribution is 0.0784. The normalized spacial score (nSPS) is 10.4. The Morgan fingerprint density at radius 2 is 1.77 bits per heavy atom. The molecular formula is C18H20BrNO2. The summed E-state index contributed by atoms with van der Waals surface area (Å²) in [6.45, 7) is 2.71. The highest BCUT2D eigenvalue weighted by atomic mass is 79.9. The van der Waals surface area contributed by atoms with E-state index in [1.165, 1.54) is 5.56 Å². The van der Waals surface area contributed by atoms with Gasteiger partial charge in [0.15, 0.2) is 0 Å². The molecule has 0 N–H and O–H groups in total. The minimum Gasteiger partial charge on any atom is -0.497 e. The molecule has 0 saturated heterocycles. The maximum Gasteiger partial charge on any atom is 0.255 e. The summed E-state index contributed by atoms with van der Waals surface area (Å²) in [6, 6.07) is 13.8. The van der Waals surface area contributed by atoms with Gasteiger partial charge in [0.1, 0.15) is 5.75 Å². The van der Waals surface area contributed by atoms with E-state index >= 15 is 0 Å². The molecular weight excluding hydrogens is 342 g/mol. The highest BCUT2D eigenvalue weighted by Gasteiger charge is 2.16. The highest BCUT2D eigenvalue weighted by Crippen LogP contribution is 2.24. The van der Waals surface area contributed by atoms with Gasteiger partial charge in [-0.2, -0.15) is 0 Å². The molecule has 0 aliphatic heterocycles. The van der Waals surface area contributed by atoms with Crippen molar-refractivity contribution in [2.45, 2.75) is 19.9 Å². The fourth-order valence-electron chi connectivity index (χ4n) is 2.23. The van der Waals surface area contributed by atoms with Gasteiger partial charge in [0, 0.05) is 18.1 Å². The molecule has 3 nitrogen and oxygen atoms in total. The molecule has 4 heteroatoms. The third-order valence-electron chi connectivity index (χ3n) is 3.60. The minimum atomic E-state index is -0.0367. The first-order chi connectivity index (χ1) is 10.5. The minimum absolute atomic E-state index is 0.0367. The quantitative estimate of drug-likeness (QED) is 0.794. The summed E-state index contributed by atoms with van der Waals surface area (Å²) in [5.41, 5.74) is 3.02. The van der Waals surface area contributed by atoms with Crippen molar-refractivity contribution in [2.75, 3.05) is 14.2 Å². The van der Waals surface area contributed by atoms with Crippen LogP contribution in [0.2, 0.25) is 0 Å². The molecule has 0 aliphatic rings. The van der Waals surface area contributed by atoms with Gasteiger partial charge >= 0.3 is 0 Å². The van der Waals surface area contributed by atoms with Gasteiger partial charge in [0.25, 0.3) is 5.91 Å². The van der Waals surface area contributed by atoms with Crippen molar-refractivity contribution >= 4 is 21.8 Å². The lowest BCUT2D eigenvalue weighted by atomic mass is 10.1. The van der Waals surface area contributed by atoms with Crippen LogP contribution in [0.3, 0.4) is 0 Å². The number of methoxy groups -OCH3 is 1. The van der Waals surface area contributed by atoms with Crippen LogP contribution in [0.25, 0.3) is 0 Å². The molecule has 0 bridgehead atoms. The molecule has 116 valence electrons. The lowest BCUT2D eigenvalue weighted by Gasteiger charge is -2.18. The summed E-state index contributed by atoms with van der Waals surface area (Å²) >= 11 is 3.43. The van der Waals surface area contributed by atoms with Crippen LogP contribution < -0.4 is 4.74 Å². The van der Waals surface area contributed by atoms with E-state index in [0.29, 0.717) is 17.9 Å². The van der Waals surface area contributed by atoms with Crippen LogP contribution in [-0.4, -0.2) is 25.0 Å². The van der Waals surface area contributed by atoms with E-state index < -0.39 is 0 Å². The maximum absolute atomic E-state index is 12.6. The molecule has 0 aliphatic carbocycles. The van der Waals surface area contributed by atoms with E-state index in [-0.39, 0.29) is 5.91 Å². The van der Waals surface area contributed by atoms with Gasteiger partial charge in [-0.25, -0.2) is 0 Å². The smallest absolute Gasteiger partial charge is 0.255 e. The Hall–Kier alpha value is -1.81. The summed E-state index contributed by atoms with van der Waals surface area (Å²) in [4.78, 5) is 14.3. The third-order valence-corrected chi connectivity index (χ3v) is 4.29. The zero-order valence-electron chi connectivity index (χ0n) is 13.1. The van der Waals surface area contributed by atoms with Gasteiger partial charge in [-0.05, 0) is 51.7 Å². The zero-order valence-corrected chi connectivity index (χ0v) is 14.7. The number of carbonyl (C=O) groups is 1. The number of hydrogen-bond donors (Lipinski definition) is 0. The number of hydrogen-bond acceptors (Lipinski definition) is 2. The summed E-state index contributed by atoms with van der Waals surface area (Å²) < 4.78 is 5.96. The molecule has 0 aromatic heterocycles. The van der Waals surface area contributed by atoms with Crippen molar-refractivity contribution in [3.8, 4) is 5.75 Å². The Morgan fingerprint density at radius 3 is 2.36 bits per heavy atom. The van der Waals surface area contributed by atoms with Crippen molar-refractivity contribution in [2.24, 2.45) is 0 Å². The number of carbonyl (C=O) groups excluding carboxylic acids is 1. The lowest BCUT2D eigenvalue weighted by Crippen LogP contribution is -2.26.